The van der Waals surface area contributed by atoms with E-state index in [0.717, 1.165) is 5.56 Å². The summed E-state index contributed by atoms with van der Waals surface area (Å²) in [7, 11) is 3.84. The van der Waals surface area contributed by atoms with Crippen molar-refractivity contribution in [2.45, 2.75) is 19.1 Å². The molecule has 1 aromatic carbocycles. The standard InChI is InChI=1S/C13H20BrFN2O/c1-9(16-7-11(18)8-17(2)3)10-4-5-13(15)12(14)6-10/h4-6,9,11,16,18H,7-8H2,1-3H3. The van der Waals surface area contributed by atoms with Crippen LogP contribution in [0.25, 0.3) is 0 Å². The highest BCUT2D eigenvalue weighted by Gasteiger charge is 2.10. The maximum Gasteiger partial charge on any atom is 0.137 e. The Kier molecular flexibility index (Phi) is 6.21. The second-order valence-electron chi connectivity index (χ2n) is 4.72. The number of hydrogen-bond donors (Lipinski definition) is 2. The van der Waals surface area contributed by atoms with Gasteiger partial charge in [0.1, 0.15) is 5.82 Å². The number of rotatable bonds is 6. The molecule has 0 aliphatic heterocycles. The molecule has 0 bridgehead atoms. The molecule has 0 saturated carbocycles. The van der Waals surface area contributed by atoms with Crippen LogP contribution >= 0.6 is 15.9 Å². The first-order valence-corrected chi connectivity index (χ1v) is 6.70. The van der Waals surface area contributed by atoms with Crippen molar-refractivity contribution < 1.29 is 9.50 Å². The maximum absolute atomic E-state index is 13.1. The third-order valence-corrected chi connectivity index (χ3v) is 3.29. The first-order valence-electron chi connectivity index (χ1n) is 5.91. The monoisotopic (exact) mass is 318 g/mol. The topological polar surface area (TPSA) is 35.5 Å². The fraction of sp³-hybridized carbons (Fsp3) is 0.538. The average Bonchev–Trinajstić information content (AvgIpc) is 2.28. The van der Waals surface area contributed by atoms with Crippen LogP contribution in [0.1, 0.15) is 18.5 Å². The Labute approximate surface area is 116 Å². The predicted molar refractivity (Wildman–Crippen MR) is 75.1 cm³/mol. The molecule has 5 heteroatoms. The normalized spacial score (nSPS) is 14.8. The third kappa shape index (κ3) is 5.02. The van der Waals surface area contributed by atoms with Crippen molar-refractivity contribution in [3.8, 4) is 0 Å². The largest absolute Gasteiger partial charge is 0.390 e. The molecule has 0 spiro atoms. The van der Waals surface area contributed by atoms with E-state index in [4.69, 9.17) is 0 Å². The summed E-state index contributed by atoms with van der Waals surface area (Å²) >= 11 is 3.17. The molecular weight excluding hydrogens is 299 g/mol. The average molecular weight is 319 g/mol. The lowest BCUT2D eigenvalue weighted by atomic mass is 10.1. The molecule has 0 amide bonds. The highest BCUT2D eigenvalue weighted by atomic mass is 79.9. The number of hydrogen-bond acceptors (Lipinski definition) is 3. The van der Waals surface area contributed by atoms with Crippen molar-refractivity contribution in [2.75, 3.05) is 27.2 Å². The summed E-state index contributed by atoms with van der Waals surface area (Å²) < 4.78 is 13.6. The zero-order valence-corrected chi connectivity index (χ0v) is 12.5. The summed E-state index contributed by atoms with van der Waals surface area (Å²) in [5.41, 5.74) is 0.986. The minimum absolute atomic E-state index is 0.0683. The van der Waals surface area contributed by atoms with Crippen molar-refractivity contribution in [1.29, 1.82) is 0 Å². The highest BCUT2D eigenvalue weighted by molar-refractivity contribution is 9.10. The van der Waals surface area contributed by atoms with Crippen LogP contribution in [0, 0.1) is 5.82 Å². The number of aliphatic hydroxyl groups is 1. The minimum Gasteiger partial charge on any atom is -0.390 e. The second-order valence-corrected chi connectivity index (χ2v) is 5.57. The van der Waals surface area contributed by atoms with E-state index in [9.17, 15) is 9.50 Å². The Bertz CT molecular complexity index is 387. The van der Waals surface area contributed by atoms with E-state index in [0.29, 0.717) is 17.6 Å². The maximum atomic E-state index is 13.1. The molecule has 1 aromatic rings. The summed E-state index contributed by atoms with van der Waals surface area (Å²) in [6.07, 6.45) is -0.411. The van der Waals surface area contributed by atoms with Crippen molar-refractivity contribution in [2.24, 2.45) is 0 Å². The lowest BCUT2D eigenvalue weighted by Crippen LogP contribution is -2.36. The van der Waals surface area contributed by atoms with Crippen LogP contribution in [0.15, 0.2) is 22.7 Å². The van der Waals surface area contributed by atoms with Crippen molar-refractivity contribution in [3.05, 3.63) is 34.1 Å². The van der Waals surface area contributed by atoms with Gasteiger partial charge in [0, 0.05) is 19.1 Å². The van der Waals surface area contributed by atoms with E-state index in [1.54, 1.807) is 12.1 Å². The van der Waals surface area contributed by atoms with E-state index < -0.39 is 6.10 Å². The summed E-state index contributed by atoms with van der Waals surface area (Å²) in [5.74, 6) is -0.265. The van der Waals surface area contributed by atoms with Crippen LogP contribution < -0.4 is 5.32 Å². The van der Waals surface area contributed by atoms with Gasteiger partial charge in [-0.15, -0.1) is 0 Å². The lowest BCUT2D eigenvalue weighted by molar-refractivity contribution is 0.132. The summed E-state index contributed by atoms with van der Waals surface area (Å²) in [6.45, 7) is 3.11. The molecule has 2 unspecified atom stereocenters. The van der Waals surface area contributed by atoms with Crippen molar-refractivity contribution in [3.63, 3.8) is 0 Å². The van der Waals surface area contributed by atoms with Gasteiger partial charge in [0.05, 0.1) is 10.6 Å². The van der Waals surface area contributed by atoms with Crippen LogP contribution in [0.3, 0.4) is 0 Å². The molecule has 3 nitrogen and oxygen atoms in total. The zero-order valence-electron chi connectivity index (χ0n) is 11.0. The summed E-state index contributed by atoms with van der Waals surface area (Å²) in [6, 6.07) is 5.01. The van der Waals surface area contributed by atoms with E-state index in [1.165, 1.54) is 6.07 Å². The van der Waals surface area contributed by atoms with Gasteiger partial charge >= 0.3 is 0 Å². The second kappa shape index (κ2) is 7.19. The van der Waals surface area contributed by atoms with Crippen molar-refractivity contribution in [1.82, 2.24) is 10.2 Å². The number of benzene rings is 1. The van der Waals surface area contributed by atoms with Crippen LogP contribution in [-0.2, 0) is 0 Å². The van der Waals surface area contributed by atoms with E-state index in [-0.39, 0.29) is 11.9 Å². The molecule has 0 aliphatic carbocycles. The van der Waals surface area contributed by atoms with E-state index in [2.05, 4.69) is 21.2 Å². The van der Waals surface area contributed by atoms with Crippen LogP contribution in [0.2, 0.25) is 0 Å². The molecular formula is C13H20BrFN2O. The molecule has 102 valence electrons. The highest BCUT2D eigenvalue weighted by Crippen LogP contribution is 2.21. The predicted octanol–water partition coefficient (Wildman–Crippen LogP) is 2.16. The quantitative estimate of drug-likeness (QED) is 0.843. The first kappa shape index (κ1) is 15.6. The molecule has 0 heterocycles. The number of nitrogens with one attached hydrogen (secondary N) is 1. The van der Waals surface area contributed by atoms with E-state index in [1.807, 2.05) is 25.9 Å². The van der Waals surface area contributed by atoms with Gasteiger partial charge in [0.2, 0.25) is 0 Å². The molecule has 2 atom stereocenters. The fourth-order valence-corrected chi connectivity index (χ4v) is 2.09. The molecule has 0 radical (unpaired) electrons. The number of aliphatic hydroxyl groups excluding tert-OH is 1. The van der Waals surface area contributed by atoms with Crippen LogP contribution in [-0.4, -0.2) is 43.3 Å². The minimum atomic E-state index is -0.411. The van der Waals surface area contributed by atoms with Gasteiger partial charge in [-0.1, -0.05) is 6.07 Å². The Morgan fingerprint density at radius 3 is 2.67 bits per heavy atom. The van der Waals surface area contributed by atoms with Gasteiger partial charge in [-0.05, 0) is 54.6 Å². The van der Waals surface area contributed by atoms with Gasteiger partial charge in [0.25, 0.3) is 0 Å². The SMILES string of the molecule is CC(NCC(O)CN(C)C)c1ccc(F)c(Br)c1. The number of halogens is 2. The molecule has 18 heavy (non-hydrogen) atoms. The molecule has 0 aliphatic rings. The van der Waals surface area contributed by atoms with Gasteiger partial charge in [-0.3, -0.25) is 0 Å². The Hall–Kier alpha value is -0.490. The van der Waals surface area contributed by atoms with Gasteiger partial charge in [0.15, 0.2) is 0 Å². The smallest absolute Gasteiger partial charge is 0.137 e. The summed E-state index contributed by atoms with van der Waals surface area (Å²) in [5, 5.41) is 13.0. The van der Waals surface area contributed by atoms with Crippen LogP contribution in [0.4, 0.5) is 4.39 Å². The Morgan fingerprint density at radius 1 is 1.44 bits per heavy atom. The Morgan fingerprint density at radius 2 is 2.11 bits per heavy atom. The van der Waals surface area contributed by atoms with E-state index >= 15 is 0 Å². The lowest BCUT2D eigenvalue weighted by Gasteiger charge is -2.20. The molecule has 2 N–H and O–H groups in total. The molecule has 0 fully saturated rings. The zero-order chi connectivity index (χ0) is 13.7. The summed E-state index contributed by atoms with van der Waals surface area (Å²) in [4.78, 5) is 1.94. The number of nitrogens with zero attached hydrogens (tertiary/aromatic N) is 1. The van der Waals surface area contributed by atoms with Gasteiger partial charge in [-0.25, -0.2) is 4.39 Å². The van der Waals surface area contributed by atoms with Gasteiger partial charge < -0.3 is 15.3 Å². The Balaban J connectivity index is 2.49. The molecule has 0 saturated heterocycles. The molecule has 1 rings (SSSR count). The van der Waals surface area contributed by atoms with Crippen LogP contribution in [0.5, 0.6) is 0 Å². The van der Waals surface area contributed by atoms with Crippen molar-refractivity contribution >= 4 is 15.9 Å². The third-order valence-electron chi connectivity index (χ3n) is 2.68. The molecule has 0 aromatic heterocycles. The first-order chi connectivity index (χ1) is 8.40. The number of likely N-dealkylation sites (N-methyl/N-ethyl adjacent to an activating group) is 1. The fourth-order valence-electron chi connectivity index (χ4n) is 1.70. The van der Waals surface area contributed by atoms with Gasteiger partial charge in [-0.2, -0.15) is 0 Å².